The van der Waals surface area contributed by atoms with Crippen LogP contribution in [0, 0.1) is 5.82 Å². The average molecular weight is 342 g/mol. The van der Waals surface area contributed by atoms with E-state index in [4.69, 9.17) is 4.74 Å². The summed E-state index contributed by atoms with van der Waals surface area (Å²) in [6.45, 7) is 3.53. The molecule has 130 valence electrons. The van der Waals surface area contributed by atoms with Crippen molar-refractivity contribution in [2.45, 2.75) is 13.0 Å². The molecule has 1 heterocycles. The maximum atomic E-state index is 12.9. The highest BCUT2D eigenvalue weighted by molar-refractivity contribution is 6.05. The molecule has 0 radical (unpaired) electrons. The molecule has 2 aromatic rings. The van der Waals surface area contributed by atoms with E-state index in [9.17, 15) is 14.0 Å². The number of ether oxygens (including phenoxy) is 1. The Kier molecular flexibility index (Phi) is 5.09. The fourth-order valence-electron chi connectivity index (χ4n) is 2.73. The van der Waals surface area contributed by atoms with Crippen molar-refractivity contribution in [2.24, 2.45) is 0 Å². The number of halogens is 1. The van der Waals surface area contributed by atoms with Gasteiger partial charge < -0.3 is 15.0 Å². The zero-order valence-electron chi connectivity index (χ0n) is 13.9. The summed E-state index contributed by atoms with van der Waals surface area (Å²) < 4.78 is 18.3. The van der Waals surface area contributed by atoms with Crippen LogP contribution in [0.2, 0.25) is 0 Å². The number of benzene rings is 2. The maximum absolute atomic E-state index is 12.9. The van der Waals surface area contributed by atoms with Gasteiger partial charge in [0, 0.05) is 23.4 Å². The summed E-state index contributed by atoms with van der Waals surface area (Å²) in [4.78, 5) is 26.7. The van der Waals surface area contributed by atoms with Crippen molar-refractivity contribution in [3.05, 3.63) is 65.5 Å². The van der Waals surface area contributed by atoms with Crippen LogP contribution >= 0.6 is 0 Å². The molecule has 3 rings (SSSR count). The summed E-state index contributed by atoms with van der Waals surface area (Å²) in [7, 11) is 0. The molecule has 1 unspecified atom stereocenters. The van der Waals surface area contributed by atoms with Crippen LogP contribution in [0.5, 0.6) is 0 Å². The van der Waals surface area contributed by atoms with Gasteiger partial charge in [0.15, 0.2) is 0 Å². The number of amides is 2. The first kappa shape index (κ1) is 17.1. The quantitative estimate of drug-likeness (QED) is 0.933. The highest BCUT2D eigenvalue weighted by atomic mass is 19.1. The molecule has 6 heteroatoms. The number of nitrogens with one attached hydrogen (secondary N) is 1. The van der Waals surface area contributed by atoms with E-state index < -0.39 is 5.82 Å². The summed E-state index contributed by atoms with van der Waals surface area (Å²) in [5.74, 6) is -0.846. The van der Waals surface area contributed by atoms with Crippen LogP contribution in [0.25, 0.3) is 0 Å². The molecule has 1 saturated heterocycles. The Balaban J connectivity index is 1.73. The van der Waals surface area contributed by atoms with Crippen molar-refractivity contribution in [1.29, 1.82) is 0 Å². The molecule has 0 aromatic heterocycles. The number of morpholine rings is 1. The van der Waals surface area contributed by atoms with E-state index >= 15 is 0 Å². The highest BCUT2D eigenvalue weighted by Gasteiger charge is 2.24. The lowest BCUT2D eigenvalue weighted by Gasteiger charge is -2.33. The van der Waals surface area contributed by atoms with Crippen molar-refractivity contribution >= 4 is 17.5 Å². The second-order valence-corrected chi connectivity index (χ2v) is 5.96. The Labute approximate surface area is 145 Å². The minimum Gasteiger partial charge on any atom is -0.377 e. The van der Waals surface area contributed by atoms with Crippen molar-refractivity contribution in [1.82, 2.24) is 4.90 Å². The fraction of sp³-hybridized carbons (Fsp3) is 0.263. The molecule has 1 aliphatic heterocycles. The first-order valence-electron chi connectivity index (χ1n) is 8.10. The predicted molar refractivity (Wildman–Crippen MR) is 92.1 cm³/mol. The molecule has 25 heavy (non-hydrogen) atoms. The molecular weight excluding hydrogens is 323 g/mol. The molecule has 0 aliphatic carbocycles. The molecule has 1 fully saturated rings. The van der Waals surface area contributed by atoms with Gasteiger partial charge in [-0.3, -0.25) is 9.59 Å². The third kappa shape index (κ3) is 4.03. The minimum atomic E-state index is -0.399. The van der Waals surface area contributed by atoms with Gasteiger partial charge in [-0.15, -0.1) is 0 Å². The van der Waals surface area contributed by atoms with E-state index in [1.807, 2.05) is 6.92 Å². The maximum Gasteiger partial charge on any atom is 0.255 e. The van der Waals surface area contributed by atoms with Crippen LogP contribution in [-0.4, -0.2) is 42.5 Å². The Morgan fingerprint density at radius 1 is 1.16 bits per heavy atom. The lowest BCUT2D eigenvalue weighted by atomic mass is 10.1. The van der Waals surface area contributed by atoms with E-state index in [1.54, 1.807) is 29.2 Å². The van der Waals surface area contributed by atoms with Gasteiger partial charge in [0.2, 0.25) is 0 Å². The Morgan fingerprint density at radius 3 is 2.64 bits per heavy atom. The Bertz CT molecular complexity index is 776. The van der Waals surface area contributed by atoms with E-state index in [2.05, 4.69) is 5.32 Å². The van der Waals surface area contributed by atoms with Gasteiger partial charge in [-0.25, -0.2) is 4.39 Å². The van der Waals surface area contributed by atoms with E-state index in [1.165, 1.54) is 24.3 Å². The molecule has 0 spiro atoms. The molecule has 1 atom stereocenters. The molecule has 0 bridgehead atoms. The minimum absolute atomic E-state index is 0.0127. The van der Waals surface area contributed by atoms with Crippen molar-refractivity contribution < 1.29 is 18.7 Å². The summed E-state index contributed by atoms with van der Waals surface area (Å²) in [5, 5.41) is 2.73. The standard InChI is InChI=1S/C19H19FN2O3/c1-13-12-25-10-9-22(13)19(24)15-3-2-4-17(11-15)21-18(23)14-5-7-16(20)8-6-14/h2-8,11,13H,9-10,12H2,1H3,(H,21,23). The number of anilines is 1. The molecule has 2 aromatic carbocycles. The van der Waals surface area contributed by atoms with Gasteiger partial charge in [0.25, 0.3) is 11.8 Å². The van der Waals surface area contributed by atoms with Gasteiger partial charge in [-0.2, -0.15) is 0 Å². The molecule has 1 N–H and O–H groups in total. The number of nitrogens with zero attached hydrogens (tertiary/aromatic N) is 1. The Hall–Kier alpha value is -2.73. The number of carbonyl (C=O) groups excluding carboxylic acids is 2. The smallest absolute Gasteiger partial charge is 0.255 e. The topological polar surface area (TPSA) is 58.6 Å². The number of hydrogen-bond donors (Lipinski definition) is 1. The largest absolute Gasteiger partial charge is 0.377 e. The van der Waals surface area contributed by atoms with E-state index in [0.717, 1.165) is 0 Å². The fourth-order valence-corrected chi connectivity index (χ4v) is 2.73. The van der Waals surface area contributed by atoms with Crippen LogP contribution in [0.1, 0.15) is 27.6 Å². The molecule has 5 nitrogen and oxygen atoms in total. The van der Waals surface area contributed by atoms with Gasteiger partial charge in [0.05, 0.1) is 19.3 Å². The van der Waals surface area contributed by atoms with Crippen molar-refractivity contribution in [3.63, 3.8) is 0 Å². The SMILES string of the molecule is CC1COCCN1C(=O)c1cccc(NC(=O)c2ccc(F)cc2)c1. The summed E-state index contributed by atoms with van der Waals surface area (Å²) in [5.41, 5.74) is 1.37. The number of carbonyl (C=O) groups is 2. The first-order valence-corrected chi connectivity index (χ1v) is 8.10. The average Bonchev–Trinajstić information content (AvgIpc) is 2.62. The van der Waals surface area contributed by atoms with Gasteiger partial charge in [0.1, 0.15) is 5.82 Å². The van der Waals surface area contributed by atoms with Crippen LogP contribution < -0.4 is 5.32 Å². The molecule has 1 aliphatic rings. The summed E-state index contributed by atoms with van der Waals surface area (Å²) in [6, 6.07) is 12.1. The molecule has 2 amide bonds. The van der Waals surface area contributed by atoms with Gasteiger partial charge >= 0.3 is 0 Å². The second kappa shape index (κ2) is 7.44. The monoisotopic (exact) mass is 342 g/mol. The Morgan fingerprint density at radius 2 is 1.92 bits per heavy atom. The number of hydrogen-bond acceptors (Lipinski definition) is 3. The normalized spacial score (nSPS) is 17.2. The van der Waals surface area contributed by atoms with Gasteiger partial charge in [-0.05, 0) is 49.4 Å². The molecule has 0 saturated carbocycles. The van der Waals surface area contributed by atoms with Crippen LogP contribution in [0.15, 0.2) is 48.5 Å². The lowest BCUT2D eigenvalue weighted by Crippen LogP contribution is -2.47. The third-order valence-electron chi connectivity index (χ3n) is 4.10. The highest BCUT2D eigenvalue weighted by Crippen LogP contribution is 2.17. The zero-order chi connectivity index (χ0) is 17.8. The number of rotatable bonds is 3. The van der Waals surface area contributed by atoms with Gasteiger partial charge in [-0.1, -0.05) is 6.07 Å². The van der Waals surface area contributed by atoms with E-state index in [0.29, 0.717) is 36.6 Å². The zero-order valence-corrected chi connectivity index (χ0v) is 13.9. The van der Waals surface area contributed by atoms with Crippen molar-refractivity contribution in [3.8, 4) is 0 Å². The molecular formula is C19H19FN2O3. The second-order valence-electron chi connectivity index (χ2n) is 5.96. The van der Waals surface area contributed by atoms with Crippen LogP contribution in [0.4, 0.5) is 10.1 Å². The predicted octanol–water partition coefficient (Wildman–Crippen LogP) is 2.94. The van der Waals surface area contributed by atoms with Crippen LogP contribution in [-0.2, 0) is 4.74 Å². The third-order valence-corrected chi connectivity index (χ3v) is 4.10. The van der Waals surface area contributed by atoms with Crippen LogP contribution in [0.3, 0.4) is 0 Å². The van der Waals surface area contributed by atoms with Crippen molar-refractivity contribution in [2.75, 3.05) is 25.1 Å². The summed E-state index contributed by atoms with van der Waals surface area (Å²) >= 11 is 0. The summed E-state index contributed by atoms with van der Waals surface area (Å²) in [6.07, 6.45) is 0. The lowest BCUT2D eigenvalue weighted by molar-refractivity contribution is 0.00359. The first-order chi connectivity index (χ1) is 12.0. The van der Waals surface area contributed by atoms with E-state index in [-0.39, 0.29) is 17.9 Å².